The zero-order chi connectivity index (χ0) is 16.6. The molecule has 0 spiro atoms. The van der Waals surface area contributed by atoms with Crippen LogP contribution < -0.4 is 0 Å². The fourth-order valence-electron chi connectivity index (χ4n) is 3.39. The van der Waals surface area contributed by atoms with Gasteiger partial charge in [-0.1, -0.05) is 35.5 Å². The third-order valence-electron chi connectivity index (χ3n) is 4.87. The summed E-state index contributed by atoms with van der Waals surface area (Å²) in [7, 11) is 0. The van der Waals surface area contributed by atoms with Crippen LogP contribution in [-0.2, 0) is 11.3 Å². The molecule has 1 aliphatic heterocycles. The van der Waals surface area contributed by atoms with Gasteiger partial charge in [0, 0.05) is 18.7 Å². The van der Waals surface area contributed by atoms with E-state index in [1.165, 1.54) is 12.8 Å². The van der Waals surface area contributed by atoms with Crippen molar-refractivity contribution in [3.8, 4) is 0 Å². The lowest BCUT2D eigenvalue weighted by Gasteiger charge is -2.15. The Hall–Kier alpha value is -2.54. The molecule has 0 unspecified atom stereocenters. The highest BCUT2D eigenvalue weighted by Gasteiger charge is 2.35. The minimum atomic E-state index is -0.0256. The molecule has 1 saturated carbocycles. The van der Waals surface area contributed by atoms with Gasteiger partial charge < -0.3 is 9.15 Å². The molecule has 1 saturated heterocycles. The lowest BCUT2D eigenvalue weighted by atomic mass is 9.95. The molecule has 25 heavy (non-hydrogen) atoms. The minimum absolute atomic E-state index is 0.0256. The van der Waals surface area contributed by atoms with E-state index in [-0.39, 0.29) is 12.0 Å². The van der Waals surface area contributed by atoms with E-state index in [4.69, 9.17) is 9.15 Å². The topological polar surface area (TPSA) is 78.9 Å². The van der Waals surface area contributed by atoms with Crippen LogP contribution in [0.3, 0.4) is 0 Å². The predicted octanol–water partition coefficient (Wildman–Crippen LogP) is 2.83. The summed E-state index contributed by atoms with van der Waals surface area (Å²) in [6, 6.07) is 10.2. The summed E-state index contributed by atoms with van der Waals surface area (Å²) in [6.07, 6.45) is 5.27. The normalized spacial score (nSPS) is 23.2. The smallest absolute Gasteiger partial charge is 0.238 e. The molecule has 1 aromatic carbocycles. The van der Waals surface area contributed by atoms with Crippen molar-refractivity contribution in [2.75, 3.05) is 6.61 Å². The van der Waals surface area contributed by atoms with E-state index < -0.39 is 0 Å². The van der Waals surface area contributed by atoms with Crippen LogP contribution in [0.5, 0.6) is 0 Å². The molecule has 2 fully saturated rings. The second-order valence-electron chi connectivity index (χ2n) is 6.75. The monoisotopic (exact) mass is 337 g/mol. The molecule has 2 aromatic heterocycles. The van der Waals surface area contributed by atoms with E-state index >= 15 is 0 Å². The molecule has 128 valence electrons. The lowest BCUT2D eigenvalue weighted by Crippen LogP contribution is -2.06. The van der Waals surface area contributed by atoms with Gasteiger partial charge in [0.05, 0.1) is 17.7 Å². The number of hydrogen-bond donors (Lipinski definition) is 0. The maximum Gasteiger partial charge on any atom is 0.238 e. The Morgan fingerprint density at radius 2 is 1.92 bits per heavy atom. The van der Waals surface area contributed by atoms with Gasteiger partial charge in [0.1, 0.15) is 6.54 Å². The van der Waals surface area contributed by atoms with E-state index in [0.29, 0.717) is 30.9 Å². The highest BCUT2D eigenvalue weighted by molar-refractivity contribution is 5.22. The van der Waals surface area contributed by atoms with Crippen molar-refractivity contribution >= 4 is 0 Å². The Morgan fingerprint density at radius 3 is 2.76 bits per heavy atom. The van der Waals surface area contributed by atoms with Crippen molar-refractivity contribution in [1.29, 1.82) is 0 Å². The maximum absolute atomic E-state index is 5.92. The van der Waals surface area contributed by atoms with Crippen molar-refractivity contribution in [3.63, 3.8) is 0 Å². The Morgan fingerprint density at radius 1 is 1.04 bits per heavy atom. The summed E-state index contributed by atoms with van der Waals surface area (Å²) in [5.41, 5.74) is 2.21. The quantitative estimate of drug-likeness (QED) is 0.712. The van der Waals surface area contributed by atoms with Crippen LogP contribution in [0.1, 0.15) is 60.2 Å². The first-order valence-corrected chi connectivity index (χ1v) is 8.75. The Labute approximate surface area is 145 Å². The Bertz CT molecular complexity index is 855. The molecule has 0 amide bonds. The first kappa shape index (κ1) is 14.8. The number of hydrogen-bond acceptors (Lipinski definition) is 6. The number of benzene rings is 1. The largest absolute Gasteiger partial charge is 0.423 e. The highest BCUT2D eigenvalue weighted by Crippen LogP contribution is 2.41. The van der Waals surface area contributed by atoms with Gasteiger partial charge in [0.25, 0.3) is 0 Å². The van der Waals surface area contributed by atoms with Crippen molar-refractivity contribution in [3.05, 3.63) is 59.6 Å². The molecule has 7 heteroatoms. The second kappa shape index (κ2) is 6.07. The molecule has 0 bridgehead atoms. The van der Waals surface area contributed by atoms with Crippen LogP contribution in [0.2, 0.25) is 0 Å². The third-order valence-corrected chi connectivity index (χ3v) is 4.87. The molecular formula is C18H19N5O2. The third kappa shape index (κ3) is 2.95. The molecule has 3 heterocycles. The van der Waals surface area contributed by atoms with Gasteiger partial charge in [-0.25, -0.2) is 4.68 Å². The fourth-order valence-corrected chi connectivity index (χ4v) is 3.39. The number of rotatable bonds is 5. The van der Waals surface area contributed by atoms with Crippen LogP contribution in [0, 0.1) is 0 Å². The summed E-state index contributed by atoms with van der Waals surface area (Å²) < 4.78 is 13.6. The second-order valence-corrected chi connectivity index (χ2v) is 6.75. The first-order chi connectivity index (χ1) is 12.4. The maximum atomic E-state index is 5.92. The van der Waals surface area contributed by atoms with Crippen molar-refractivity contribution in [2.24, 2.45) is 0 Å². The number of nitrogens with zero attached hydrogens (tertiary/aromatic N) is 5. The van der Waals surface area contributed by atoms with Crippen LogP contribution in [0.25, 0.3) is 0 Å². The number of ether oxygens (including phenoxy) is 1. The molecule has 2 aliphatic rings. The zero-order valence-electron chi connectivity index (χ0n) is 13.8. The molecule has 3 aromatic rings. The summed E-state index contributed by atoms with van der Waals surface area (Å²) in [6.45, 7) is 1.16. The van der Waals surface area contributed by atoms with Crippen molar-refractivity contribution < 1.29 is 9.15 Å². The van der Waals surface area contributed by atoms with Gasteiger partial charge in [-0.2, -0.15) is 0 Å². The van der Waals surface area contributed by atoms with Crippen LogP contribution in [0.15, 0.2) is 40.9 Å². The predicted molar refractivity (Wildman–Crippen MR) is 87.9 cm³/mol. The van der Waals surface area contributed by atoms with E-state index in [0.717, 1.165) is 17.7 Å². The first-order valence-electron chi connectivity index (χ1n) is 8.75. The van der Waals surface area contributed by atoms with E-state index in [2.05, 4.69) is 32.6 Å². The van der Waals surface area contributed by atoms with Crippen LogP contribution >= 0.6 is 0 Å². The lowest BCUT2D eigenvalue weighted by molar-refractivity contribution is 0.0996. The van der Waals surface area contributed by atoms with Gasteiger partial charge in [0.15, 0.2) is 0 Å². The Balaban J connectivity index is 1.33. The summed E-state index contributed by atoms with van der Waals surface area (Å²) >= 11 is 0. The number of aromatic nitrogens is 5. The molecule has 0 radical (unpaired) electrons. The van der Waals surface area contributed by atoms with Gasteiger partial charge in [-0.3, -0.25) is 0 Å². The highest BCUT2D eigenvalue weighted by atomic mass is 16.5. The molecule has 2 atom stereocenters. The van der Waals surface area contributed by atoms with Crippen LogP contribution in [-0.4, -0.2) is 31.8 Å². The standard InChI is InChI=1S/C18H19N5O2/c1-2-4-13(5-3-1)17-14(8-9-24-17)18-21-20-16(25-18)11-23-10-15(19-22-23)12-6-7-12/h1-5,10,12,14,17H,6-9,11H2/t14-,17+/m0/s1. The van der Waals surface area contributed by atoms with Gasteiger partial charge in [-0.15, -0.1) is 15.3 Å². The van der Waals surface area contributed by atoms with Crippen molar-refractivity contribution in [1.82, 2.24) is 25.2 Å². The Kier molecular flexibility index (Phi) is 3.59. The zero-order valence-corrected chi connectivity index (χ0v) is 13.8. The summed E-state index contributed by atoms with van der Waals surface area (Å²) in [4.78, 5) is 0. The van der Waals surface area contributed by atoms with Crippen LogP contribution in [0.4, 0.5) is 0 Å². The summed E-state index contributed by atoms with van der Waals surface area (Å²) in [5, 5.41) is 16.8. The minimum Gasteiger partial charge on any atom is -0.423 e. The van der Waals surface area contributed by atoms with E-state index in [9.17, 15) is 0 Å². The van der Waals surface area contributed by atoms with Gasteiger partial charge in [-0.05, 0) is 24.8 Å². The molecule has 7 nitrogen and oxygen atoms in total. The van der Waals surface area contributed by atoms with E-state index in [1.807, 2.05) is 24.4 Å². The average Bonchev–Trinajstić information content (AvgIpc) is 3.05. The molecular weight excluding hydrogens is 318 g/mol. The molecule has 0 N–H and O–H groups in total. The van der Waals surface area contributed by atoms with Gasteiger partial charge in [0.2, 0.25) is 11.8 Å². The molecule has 1 aliphatic carbocycles. The fraction of sp³-hybridized carbons (Fsp3) is 0.444. The van der Waals surface area contributed by atoms with E-state index in [1.54, 1.807) is 4.68 Å². The SMILES string of the molecule is c1ccc([C@H]2OCC[C@@H]2c2nnc(Cn3cc(C4CC4)nn3)o2)cc1. The average molecular weight is 337 g/mol. The summed E-state index contributed by atoms with van der Waals surface area (Å²) in [5.74, 6) is 1.89. The molecule has 5 rings (SSSR count). The van der Waals surface area contributed by atoms with Crippen molar-refractivity contribution in [2.45, 2.75) is 43.7 Å². The van der Waals surface area contributed by atoms with Gasteiger partial charge >= 0.3 is 0 Å².